The molecule has 1 N–H and O–H groups in total. The number of aromatic nitrogens is 4. The van der Waals surface area contributed by atoms with Gasteiger partial charge in [-0.1, -0.05) is 6.07 Å². The SMILES string of the molecule is Cc1nc([C@@H]2C[C@H]3CCN(Cc4cccnc4)C[C@@H]3O2)n[nH]1. The number of pyridine rings is 1. The van der Waals surface area contributed by atoms with E-state index in [9.17, 15) is 0 Å². The number of likely N-dealkylation sites (tertiary alicyclic amines) is 1. The van der Waals surface area contributed by atoms with Gasteiger partial charge in [0.15, 0.2) is 5.82 Å². The van der Waals surface area contributed by atoms with Crippen molar-refractivity contribution in [3.8, 4) is 0 Å². The normalized spacial score (nSPS) is 28.7. The lowest BCUT2D eigenvalue weighted by Crippen LogP contribution is -2.41. The van der Waals surface area contributed by atoms with E-state index in [2.05, 4.69) is 31.1 Å². The monoisotopic (exact) mass is 299 g/mol. The molecule has 2 aromatic rings. The van der Waals surface area contributed by atoms with Crippen LogP contribution < -0.4 is 0 Å². The van der Waals surface area contributed by atoms with Gasteiger partial charge in [0.2, 0.25) is 0 Å². The van der Waals surface area contributed by atoms with Gasteiger partial charge in [-0.2, -0.15) is 5.10 Å². The Morgan fingerprint density at radius 1 is 1.45 bits per heavy atom. The van der Waals surface area contributed by atoms with E-state index in [-0.39, 0.29) is 6.10 Å². The van der Waals surface area contributed by atoms with Gasteiger partial charge in [-0.15, -0.1) is 0 Å². The number of piperidine rings is 1. The van der Waals surface area contributed by atoms with Crippen LogP contribution in [0.4, 0.5) is 0 Å². The number of nitrogens with zero attached hydrogens (tertiary/aromatic N) is 4. The molecule has 2 saturated heterocycles. The lowest BCUT2D eigenvalue weighted by molar-refractivity contribution is -0.0119. The average molecular weight is 299 g/mol. The Balaban J connectivity index is 1.39. The van der Waals surface area contributed by atoms with Crippen LogP contribution in [-0.2, 0) is 11.3 Å². The molecule has 4 heterocycles. The van der Waals surface area contributed by atoms with E-state index in [1.807, 2.05) is 25.4 Å². The fraction of sp³-hybridized carbons (Fsp3) is 0.562. The van der Waals surface area contributed by atoms with Gasteiger partial charge in [0, 0.05) is 25.5 Å². The second kappa shape index (κ2) is 5.78. The van der Waals surface area contributed by atoms with Gasteiger partial charge >= 0.3 is 0 Å². The third kappa shape index (κ3) is 2.76. The first-order valence-electron chi connectivity index (χ1n) is 7.93. The van der Waals surface area contributed by atoms with Crippen molar-refractivity contribution in [1.82, 2.24) is 25.1 Å². The van der Waals surface area contributed by atoms with Crippen LogP contribution in [0.15, 0.2) is 24.5 Å². The number of H-pyrrole nitrogens is 1. The third-order valence-electron chi connectivity index (χ3n) is 4.67. The van der Waals surface area contributed by atoms with Crippen LogP contribution >= 0.6 is 0 Å². The van der Waals surface area contributed by atoms with Crippen LogP contribution in [-0.4, -0.2) is 44.3 Å². The number of aromatic amines is 1. The Labute approximate surface area is 129 Å². The molecule has 0 radical (unpaired) electrons. The maximum absolute atomic E-state index is 6.23. The van der Waals surface area contributed by atoms with E-state index in [1.165, 1.54) is 12.0 Å². The summed E-state index contributed by atoms with van der Waals surface area (Å²) in [5, 5.41) is 7.17. The molecule has 4 rings (SSSR count). The largest absolute Gasteiger partial charge is 0.365 e. The van der Waals surface area contributed by atoms with Crippen LogP contribution in [0.5, 0.6) is 0 Å². The van der Waals surface area contributed by atoms with Crippen LogP contribution in [0.2, 0.25) is 0 Å². The Kier molecular flexibility index (Phi) is 3.63. The maximum atomic E-state index is 6.23. The van der Waals surface area contributed by atoms with Crippen molar-refractivity contribution >= 4 is 0 Å². The van der Waals surface area contributed by atoms with Crippen LogP contribution in [0.25, 0.3) is 0 Å². The molecule has 0 saturated carbocycles. The molecule has 116 valence electrons. The zero-order valence-corrected chi connectivity index (χ0v) is 12.8. The van der Waals surface area contributed by atoms with Crippen LogP contribution in [0, 0.1) is 12.8 Å². The first-order valence-corrected chi connectivity index (χ1v) is 7.93. The van der Waals surface area contributed by atoms with E-state index in [0.29, 0.717) is 12.0 Å². The molecule has 2 aromatic heterocycles. The minimum absolute atomic E-state index is 0.0540. The van der Waals surface area contributed by atoms with Crippen molar-refractivity contribution < 1.29 is 4.74 Å². The summed E-state index contributed by atoms with van der Waals surface area (Å²) in [6.07, 6.45) is 6.35. The molecule has 2 aliphatic rings. The van der Waals surface area contributed by atoms with Gasteiger partial charge in [-0.3, -0.25) is 15.0 Å². The standard InChI is InChI=1S/C16H21N5O/c1-11-18-16(20-19-11)14-7-13-4-6-21(10-15(13)22-14)9-12-3-2-5-17-8-12/h2-3,5,8,13-15H,4,6-7,9-10H2,1H3,(H,18,19,20)/t13-,14+,15+/m1/s1. The van der Waals surface area contributed by atoms with Crippen LogP contribution in [0.3, 0.4) is 0 Å². The molecule has 6 nitrogen and oxygen atoms in total. The summed E-state index contributed by atoms with van der Waals surface area (Å²) in [6, 6.07) is 4.13. The first-order chi connectivity index (χ1) is 10.8. The summed E-state index contributed by atoms with van der Waals surface area (Å²) >= 11 is 0. The average Bonchev–Trinajstić information content (AvgIpc) is 3.14. The zero-order chi connectivity index (χ0) is 14.9. The van der Waals surface area contributed by atoms with E-state index in [0.717, 1.165) is 37.7 Å². The Bertz CT molecular complexity index is 628. The lowest BCUT2D eigenvalue weighted by Gasteiger charge is -2.33. The summed E-state index contributed by atoms with van der Waals surface area (Å²) in [6.45, 7) is 4.98. The van der Waals surface area contributed by atoms with Gasteiger partial charge in [0.05, 0.1) is 6.10 Å². The molecule has 2 fully saturated rings. The molecule has 0 aromatic carbocycles. The number of nitrogens with one attached hydrogen (secondary N) is 1. The van der Waals surface area contributed by atoms with Gasteiger partial charge < -0.3 is 4.74 Å². The molecule has 0 unspecified atom stereocenters. The Morgan fingerprint density at radius 2 is 2.41 bits per heavy atom. The lowest BCUT2D eigenvalue weighted by atomic mass is 9.91. The third-order valence-corrected chi connectivity index (χ3v) is 4.67. The highest BCUT2D eigenvalue weighted by Crippen LogP contribution is 2.40. The van der Waals surface area contributed by atoms with Crippen LogP contribution in [0.1, 0.15) is 36.2 Å². The van der Waals surface area contributed by atoms with Crippen molar-refractivity contribution in [2.24, 2.45) is 5.92 Å². The molecule has 0 amide bonds. The zero-order valence-electron chi connectivity index (χ0n) is 12.8. The van der Waals surface area contributed by atoms with E-state index >= 15 is 0 Å². The minimum Gasteiger partial charge on any atom is -0.365 e. The number of ether oxygens (including phenoxy) is 1. The molecule has 3 atom stereocenters. The van der Waals surface area contributed by atoms with Crippen molar-refractivity contribution in [2.75, 3.05) is 13.1 Å². The van der Waals surface area contributed by atoms with Gasteiger partial charge in [0.1, 0.15) is 11.9 Å². The molecular weight excluding hydrogens is 278 g/mol. The summed E-state index contributed by atoms with van der Waals surface area (Å²) in [7, 11) is 0. The van der Waals surface area contributed by atoms with E-state index in [1.54, 1.807) is 0 Å². The highest BCUT2D eigenvalue weighted by molar-refractivity contribution is 5.09. The van der Waals surface area contributed by atoms with E-state index in [4.69, 9.17) is 4.74 Å². The fourth-order valence-corrected chi connectivity index (χ4v) is 3.56. The maximum Gasteiger partial charge on any atom is 0.179 e. The van der Waals surface area contributed by atoms with Gasteiger partial charge in [0.25, 0.3) is 0 Å². The van der Waals surface area contributed by atoms with Crippen molar-refractivity contribution in [1.29, 1.82) is 0 Å². The number of hydrogen-bond donors (Lipinski definition) is 1. The predicted octanol–water partition coefficient (Wildman–Crippen LogP) is 1.86. The van der Waals surface area contributed by atoms with Gasteiger partial charge in [-0.25, -0.2) is 4.98 Å². The molecule has 0 bridgehead atoms. The van der Waals surface area contributed by atoms with Crippen molar-refractivity contribution in [2.45, 2.75) is 38.5 Å². The number of rotatable bonds is 3. The minimum atomic E-state index is 0.0540. The van der Waals surface area contributed by atoms with Gasteiger partial charge in [-0.05, 0) is 43.9 Å². The second-order valence-corrected chi connectivity index (χ2v) is 6.32. The Hall–Kier alpha value is -1.79. The smallest absolute Gasteiger partial charge is 0.179 e. The van der Waals surface area contributed by atoms with E-state index < -0.39 is 0 Å². The molecular formula is C16H21N5O. The quantitative estimate of drug-likeness (QED) is 0.937. The number of hydrogen-bond acceptors (Lipinski definition) is 5. The molecule has 0 aliphatic carbocycles. The Morgan fingerprint density at radius 3 is 3.18 bits per heavy atom. The second-order valence-electron chi connectivity index (χ2n) is 6.32. The number of aryl methyl sites for hydroxylation is 1. The topological polar surface area (TPSA) is 66.9 Å². The highest BCUT2D eigenvalue weighted by atomic mass is 16.5. The first kappa shape index (κ1) is 13.8. The van der Waals surface area contributed by atoms with Crippen molar-refractivity contribution in [3.63, 3.8) is 0 Å². The summed E-state index contributed by atoms with van der Waals surface area (Å²) in [5.41, 5.74) is 1.26. The molecule has 2 aliphatic heterocycles. The molecule has 0 spiro atoms. The summed E-state index contributed by atoms with van der Waals surface area (Å²) in [4.78, 5) is 11.1. The number of fused-ring (bicyclic) bond motifs is 1. The highest BCUT2D eigenvalue weighted by Gasteiger charge is 2.40. The molecule has 22 heavy (non-hydrogen) atoms. The summed E-state index contributed by atoms with van der Waals surface area (Å²) in [5.74, 6) is 2.30. The molecule has 6 heteroatoms. The summed E-state index contributed by atoms with van der Waals surface area (Å²) < 4.78 is 6.23. The fourth-order valence-electron chi connectivity index (χ4n) is 3.56. The predicted molar refractivity (Wildman–Crippen MR) is 81.0 cm³/mol. The van der Waals surface area contributed by atoms with Crippen molar-refractivity contribution in [3.05, 3.63) is 41.7 Å².